The second-order valence-electron chi connectivity index (χ2n) is 6.89. The Labute approximate surface area is 155 Å². The van der Waals surface area contributed by atoms with Crippen LogP contribution in [0.2, 0.25) is 0 Å². The molecule has 0 aromatic carbocycles. The van der Waals surface area contributed by atoms with E-state index >= 15 is 0 Å². The summed E-state index contributed by atoms with van der Waals surface area (Å²) in [7, 11) is 1.44. The number of esters is 2. The highest BCUT2D eigenvalue weighted by Crippen LogP contribution is 2.12. The topological polar surface area (TPSA) is 52.6 Å². The molecule has 0 aliphatic rings. The summed E-state index contributed by atoms with van der Waals surface area (Å²) in [4.78, 5) is 22.5. The van der Waals surface area contributed by atoms with Crippen molar-refractivity contribution in [2.24, 2.45) is 0 Å². The zero-order valence-electron chi connectivity index (χ0n) is 16.7. The first kappa shape index (κ1) is 23.9. The normalized spacial score (nSPS) is 10.6. The van der Waals surface area contributed by atoms with Crippen molar-refractivity contribution in [2.45, 2.75) is 110 Å². The van der Waals surface area contributed by atoms with Crippen LogP contribution >= 0.6 is 0 Å². The van der Waals surface area contributed by atoms with Crippen LogP contribution < -0.4 is 0 Å². The SMILES string of the molecule is CCCCCCCOC(=O)CCCCCCCCCCCC(=O)OC. The van der Waals surface area contributed by atoms with Gasteiger partial charge in [0.1, 0.15) is 0 Å². The van der Waals surface area contributed by atoms with Gasteiger partial charge < -0.3 is 9.47 Å². The van der Waals surface area contributed by atoms with E-state index in [9.17, 15) is 9.59 Å². The Balaban J connectivity index is 3.17. The lowest BCUT2D eigenvalue weighted by atomic mass is 10.1. The molecule has 0 fully saturated rings. The maximum atomic E-state index is 11.6. The zero-order chi connectivity index (χ0) is 18.6. The summed E-state index contributed by atoms with van der Waals surface area (Å²) in [6, 6.07) is 0. The highest BCUT2D eigenvalue weighted by molar-refractivity contribution is 5.69. The van der Waals surface area contributed by atoms with E-state index in [-0.39, 0.29) is 11.9 Å². The van der Waals surface area contributed by atoms with Crippen molar-refractivity contribution in [1.82, 2.24) is 0 Å². The van der Waals surface area contributed by atoms with Crippen molar-refractivity contribution < 1.29 is 19.1 Å². The van der Waals surface area contributed by atoms with E-state index in [1.807, 2.05) is 0 Å². The van der Waals surface area contributed by atoms with Crippen LogP contribution in [-0.4, -0.2) is 25.7 Å². The molecule has 0 bridgehead atoms. The third kappa shape index (κ3) is 19.1. The molecule has 0 spiro atoms. The number of carbonyl (C=O) groups excluding carboxylic acids is 2. The van der Waals surface area contributed by atoms with Gasteiger partial charge in [-0.25, -0.2) is 0 Å². The molecular weight excluding hydrogens is 316 g/mol. The summed E-state index contributed by atoms with van der Waals surface area (Å²) in [6.45, 7) is 2.80. The van der Waals surface area contributed by atoms with Crippen LogP contribution in [0.3, 0.4) is 0 Å². The molecule has 0 aromatic rings. The van der Waals surface area contributed by atoms with Crippen molar-refractivity contribution >= 4 is 11.9 Å². The van der Waals surface area contributed by atoms with Gasteiger partial charge in [-0.15, -0.1) is 0 Å². The van der Waals surface area contributed by atoms with Crippen LogP contribution in [0.5, 0.6) is 0 Å². The van der Waals surface area contributed by atoms with Gasteiger partial charge in [0.25, 0.3) is 0 Å². The summed E-state index contributed by atoms with van der Waals surface area (Å²) in [5.74, 6) is -0.129. The molecule has 148 valence electrons. The van der Waals surface area contributed by atoms with E-state index in [1.165, 1.54) is 64.9 Å². The van der Waals surface area contributed by atoms with Crippen molar-refractivity contribution in [1.29, 1.82) is 0 Å². The molecule has 0 aliphatic carbocycles. The Kier molecular flexibility index (Phi) is 18.5. The van der Waals surface area contributed by atoms with Gasteiger partial charge in [0, 0.05) is 12.8 Å². The molecule has 0 aromatic heterocycles. The number of rotatable bonds is 18. The van der Waals surface area contributed by atoms with Crippen molar-refractivity contribution in [3.8, 4) is 0 Å². The molecule has 0 saturated heterocycles. The fourth-order valence-electron chi connectivity index (χ4n) is 2.84. The highest BCUT2D eigenvalue weighted by Gasteiger charge is 2.02. The lowest BCUT2D eigenvalue weighted by Gasteiger charge is -2.05. The maximum Gasteiger partial charge on any atom is 0.305 e. The number of ether oxygens (including phenoxy) is 2. The number of methoxy groups -OCH3 is 1. The number of hydrogen-bond acceptors (Lipinski definition) is 4. The van der Waals surface area contributed by atoms with Gasteiger partial charge in [0.05, 0.1) is 13.7 Å². The third-order valence-corrected chi connectivity index (χ3v) is 4.50. The fourth-order valence-corrected chi connectivity index (χ4v) is 2.84. The third-order valence-electron chi connectivity index (χ3n) is 4.50. The Morgan fingerprint density at radius 2 is 1.04 bits per heavy atom. The van der Waals surface area contributed by atoms with Crippen LogP contribution in [-0.2, 0) is 19.1 Å². The van der Waals surface area contributed by atoms with E-state index in [4.69, 9.17) is 4.74 Å². The molecule has 25 heavy (non-hydrogen) atoms. The molecule has 0 unspecified atom stereocenters. The van der Waals surface area contributed by atoms with Crippen molar-refractivity contribution in [3.63, 3.8) is 0 Å². The molecule has 0 radical (unpaired) electrons. The van der Waals surface area contributed by atoms with Gasteiger partial charge in [-0.3, -0.25) is 9.59 Å². The molecule has 0 N–H and O–H groups in total. The Bertz CT molecular complexity index is 315. The summed E-state index contributed by atoms with van der Waals surface area (Å²) in [5.41, 5.74) is 0. The quantitative estimate of drug-likeness (QED) is 0.224. The standard InChI is InChI=1S/C21H40O4/c1-3-4-5-13-16-19-25-21(23)18-15-12-10-8-6-7-9-11-14-17-20(22)24-2/h3-19H2,1-2H3. The van der Waals surface area contributed by atoms with Crippen molar-refractivity contribution in [3.05, 3.63) is 0 Å². The van der Waals surface area contributed by atoms with Crippen LogP contribution in [0.15, 0.2) is 0 Å². The highest BCUT2D eigenvalue weighted by atomic mass is 16.5. The summed E-state index contributed by atoms with van der Waals surface area (Å²) in [6.07, 6.45) is 17.3. The summed E-state index contributed by atoms with van der Waals surface area (Å²) in [5, 5.41) is 0. The molecule has 0 atom stereocenters. The number of carbonyl (C=O) groups is 2. The van der Waals surface area contributed by atoms with E-state index < -0.39 is 0 Å². The largest absolute Gasteiger partial charge is 0.469 e. The number of hydrogen-bond donors (Lipinski definition) is 0. The van der Waals surface area contributed by atoms with Crippen molar-refractivity contribution in [2.75, 3.05) is 13.7 Å². The van der Waals surface area contributed by atoms with E-state index in [2.05, 4.69) is 11.7 Å². The molecule has 0 amide bonds. The Morgan fingerprint density at radius 3 is 1.56 bits per heavy atom. The zero-order valence-corrected chi connectivity index (χ0v) is 16.7. The molecular formula is C21H40O4. The first-order valence-electron chi connectivity index (χ1n) is 10.4. The predicted molar refractivity (Wildman–Crippen MR) is 103 cm³/mol. The molecule has 4 heteroatoms. The summed E-state index contributed by atoms with van der Waals surface area (Å²) < 4.78 is 9.88. The summed E-state index contributed by atoms with van der Waals surface area (Å²) >= 11 is 0. The predicted octanol–water partition coefficient (Wildman–Crippen LogP) is 5.96. The molecule has 0 aliphatic heterocycles. The lowest BCUT2D eigenvalue weighted by molar-refractivity contribution is -0.144. The monoisotopic (exact) mass is 356 g/mol. The van der Waals surface area contributed by atoms with Gasteiger partial charge in [-0.2, -0.15) is 0 Å². The molecule has 0 saturated carbocycles. The maximum absolute atomic E-state index is 11.6. The van der Waals surface area contributed by atoms with Crippen LogP contribution in [0, 0.1) is 0 Å². The Hall–Kier alpha value is -1.06. The van der Waals surface area contributed by atoms with E-state index in [0.29, 0.717) is 19.4 Å². The van der Waals surface area contributed by atoms with Crippen LogP contribution in [0.1, 0.15) is 110 Å². The smallest absolute Gasteiger partial charge is 0.305 e. The second kappa shape index (κ2) is 19.3. The average molecular weight is 357 g/mol. The van der Waals surface area contributed by atoms with Crippen LogP contribution in [0.25, 0.3) is 0 Å². The first-order chi connectivity index (χ1) is 12.2. The minimum absolute atomic E-state index is 0.0268. The molecule has 0 rings (SSSR count). The second-order valence-corrected chi connectivity index (χ2v) is 6.89. The van der Waals surface area contributed by atoms with E-state index in [0.717, 1.165) is 32.1 Å². The minimum Gasteiger partial charge on any atom is -0.469 e. The Morgan fingerprint density at radius 1 is 0.600 bits per heavy atom. The first-order valence-corrected chi connectivity index (χ1v) is 10.4. The van der Waals surface area contributed by atoms with Gasteiger partial charge in [0.2, 0.25) is 0 Å². The lowest BCUT2D eigenvalue weighted by Crippen LogP contribution is -2.05. The van der Waals surface area contributed by atoms with Gasteiger partial charge in [-0.1, -0.05) is 77.6 Å². The van der Waals surface area contributed by atoms with Gasteiger partial charge in [0.15, 0.2) is 0 Å². The minimum atomic E-state index is -0.102. The average Bonchev–Trinajstić information content (AvgIpc) is 2.62. The molecule has 0 heterocycles. The van der Waals surface area contributed by atoms with E-state index in [1.54, 1.807) is 0 Å². The fraction of sp³-hybridized carbons (Fsp3) is 0.905. The molecule has 4 nitrogen and oxygen atoms in total. The van der Waals surface area contributed by atoms with Gasteiger partial charge >= 0.3 is 11.9 Å². The number of unbranched alkanes of at least 4 members (excludes halogenated alkanes) is 12. The van der Waals surface area contributed by atoms with Gasteiger partial charge in [-0.05, 0) is 19.3 Å². The van der Waals surface area contributed by atoms with Crippen LogP contribution in [0.4, 0.5) is 0 Å².